The van der Waals surface area contributed by atoms with Crippen LogP contribution in [0.1, 0.15) is 33.1 Å². The van der Waals surface area contributed by atoms with Crippen molar-refractivity contribution in [2.45, 2.75) is 39.2 Å². The van der Waals surface area contributed by atoms with Crippen LogP contribution in [0.15, 0.2) is 0 Å². The molecular formula is C13H27N3O. The van der Waals surface area contributed by atoms with E-state index in [-0.39, 0.29) is 5.91 Å². The highest BCUT2D eigenvalue weighted by Gasteiger charge is 2.15. The van der Waals surface area contributed by atoms with Crippen molar-refractivity contribution in [1.29, 1.82) is 0 Å². The van der Waals surface area contributed by atoms with Crippen LogP contribution in [0.5, 0.6) is 0 Å². The molecule has 0 spiro atoms. The Labute approximate surface area is 105 Å². The van der Waals surface area contributed by atoms with Gasteiger partial charge in [0.2, 0.25) is 5.91 Å². The number of likely N-dealkylation sites (tertiary alicyclic amines) is 1. The van der Waals surface area contributed by atoms with Gasteiger partial charge in [-0.1, -0.05) is 13.8 Å². The van der Waals surface area contributed by atoms with Crippen molar-refractivity contribution in [3.63, 3.8) is 0 Å². The first-order valence-electron chi connectivity index (χ1n) is 6.76. The van der Waals surface area contributed by atoms with Crippen molar-refractivity contribution in [3.05, 3.63) is 0 Å². The summed E-state index contributed by atoms with van der Waals surface area (Å²) in [5.41, 5.74) is 0. The third-order valence-electron chi connectivity index (χ3n) is 3.21. The number of amides is 1. The highest BCUT2D eigenvalue weighted by atomic mass is 16.1. The Morgan fingerprint density at radius 2 is 2.00 bits per heavy atom. The molecule has 100 valence electrons. The molecule has 0 atom stereocenters. The zero-order chi connectivity index (χ0) is 12.7. The van der Waals surface area contributed by atoms with E-state index < -0.39 is 0 Å². The molecule has 1 heterocycles. The van der Waals surface area contributed by atoms with Gasteiger partial charge in [-0.25, -0.2) is 0 Å². The lowest BCUT2D eigenvalue weighted by Crippen LogP contribution is -2.42. The standard InChI is InChI=1S/C13H27N3O/c1-11(2)10-15-13(17)4-7-14-12-5-8-16(3)9-6-12/h11-12,14H,4-10H2,1-3H3,(H,15,17). The van der Waals surface area contributed by atoms with Crippen LogP contribution in [0.4, 0.5) is 0 Å². The molecule has 1 saturated heterocycles. The number of hydrogen-bond donors (Lipinski definition) is 2. The zero-order valence-corrected chi connectivity index (χ0v) is 11.5. The second-order valence-electron chi connectivity index (χ2n) is 5.48. The molecule has 4 nitrogen and oxygen atoms in total. The lowest BCUT2D eigenvalue weighted by atomic mass is 10.1. The number of piperidine rings is 1. The molecule has 1 aliphatic heterocycles. The topological polar surface area (TPSA) is 44.4 Å². The van der Waals surface area contributed by atoms with E-state index in [0.717, 1.165) is 26.2 Å². The van der Waals surface area contributed by atoms with Crippen LogP contribution < -0.4 is 10.6 Å². The molecule has 0 radical (unpaired) electrons. The summed E-state index contributed by atoms with van der Waals surface area (Å²) in [7, 11) is 2.16. The van der Waals surface area contributed by atoms with Gasteiger partial charge in [-0.2, -0.15) is 0 Å². The van der Waals surface area contributed by atoms with E-state index in [0.29, 0.717) is 18.4 Å². The van der Waals surface area contributed by atoms with E-state index >= 15 is 0 Å². The smallest absolute Gasteiger partial charge is 0.221 e. The van der Waals surface area contributed by atoms with E-state index in [1.54, 1.807) is 0 Å². The van der Waals surface area contributed by atoms with E-state index in [1.807, 2.05) is 0 Å². The van der Waals surface area contributed by atoms with Crippen LogP contribution in [0, 0.1) is 5.92 Å². The molecule has 0 bridgehead atoms. The van der Waals surface area contributed by atoms with Gasteiger partial charge in [0.15, 0.2) is 0 Å². The second-order valence-corrected chi connectivity index (χ2v) is 5.48. The van der Waals surface area contributed by atoms with Gasteiger partial charge < -0.3 is 15.5 Å². The fourth-order valence-electron chi connectivity index (χ4n) is 2.01. The Balaban J connectivity index is 2.01. The molecule has 17 heavy (non-hydrogen) atoms. The molecule has 0 saturated carbocycles. The van der Waals surface area contributed by atoms with Gasteiger partial charge in [0.05, 0.1) is 0 Å². The maximum absolute atomic E-state index is 11.5. The summed E-state index contributed by atoms with van der Waals surface area (Å²) < 4.78 is 0. The van der Waals surface area contributed by atoms with Gasteiger partial charge in [0, 0.05) is 25.6 Å². The zero-order valence-electron chi connectivity index (χ0n) is 11.5. The van der Waals surface area contributed by atoms with Crippen LogP contribution in [0.3, 0.4) is 0 Å². The first-order chi connectivity index (χ1) is 8.08. The van der Waals surface area contributed by atoms with Crippen LogP contribution in [-0.2, 0) is 4.79 Å². The van der Waals surface area contributed by atoms with Crippen LogP contribution >= 0.6 is 0 Å². The first kappa shape index (κ1) is 14.5. The molecule has 2 N–H and O–H groups in total. The third-order valence-corrected chi connectivity index (χ3v) is 3.21. The summed E-state index contributed by atoms with van der Waals surface area (Å²) >= 11 is 0. The van der Waals surface area contributed by atoms with Crippen LogP contribution in [-0.4, -0.2) is 50.1 Å². The highest BCUT2D eigenvalue weighted by molar-refractivity contribution is 5.76. The van der Waals surface area contributed by atoms with Gasteiger partial charge in [0.25, 0.3) is 0 Å². The van der Waals surface area contributed by atoms with Crippen molar-refractivity contribution in [1.82, 2.24) is 15.5 Å². The second kappa shape index (κ2) is 7.67. The third kappa shape index (κ3) is 6.64. The summed E-state index contributed by atoms with van der Waals surface area (Å²) in [6.45, 7) is 8.13. The quantitative estimate of drug-likeness (QED) is 0.724. The van der Waals surface area contributed by atoms with Crippen molar-refractivity contribution >= 4 is 5.91 Å². The maximum Gasteiger partial charge on any atom is 0.221 e. The normalized spacial score (nSPS) is 18.6. The monoisotopic (exact) mass is 241 g/mol. The predicted molar refractivity (Wildman–Crippen MR) is 71.0 cm³/mol. The Morgan fingerprint density at radius 1 is 1.35 bits per heavy atom. The average Bonchev–Trinajstić information content (AvgIpc) is 2.29. The predicted octanol–water partition coefficient (Wildman–Crippen LogP) is 0.833. The molecular weight excluding hydrogens is 214 g/mol. The first-order valence-corrected chi connectivity index (χ1v) is 6.76. The number of hydrogen-bond acceptors (Lipinski definition) is 3. The summed E-state index contributed by atoms with van der Waals surface area (Å²) in [5, 5.41) is 6.41. The van der Waals surface area contributed by atoms with Crippen molar-refractivity contribution in [2.75, 3.05) is 33.2 Å². The fraction of sp³-hybridized carbons (Fsp3) is 0.923. The summed E-state index contributed by atoms with van der Waals surface area (Å²) in [6, 6.07) is 0.601. The van der Waals surface area contributed by atoms with Crippen LogP contribution in [0.25, 0.3) is 0 Å². The Kier molecular flexibility index (Phi) is 6.52. The van der Waals surface area contributed by atoms with E-state index in [1.165, 1.54) is 12.8 Å². The van der Waals surface area contributed by atoms with E-state index in [9.17, 15) is 4.79 Å². The summed E-state index contributed by atoms with van der Waals surface area (Å²) in [4.78, 5) is 13.8. The van der Waals surface area contributed by atoms with Gasteiger partial charge in [-0.15, -0.1) is 0 Å². The highest BCUT2D eigenvalue weighted by Crippen LogP contribution is 2.07. The molecule has 0 aliphatic carbocycles. The Bertz CT molecular complexity index is 223. The molecule has 1 fully saturated rings. The molecule has 0 aromatic rings. The molecule has 4 heteroatoms. The SMILES string of the molecule is CC(C)CNC(=O)CCNC1CCN(C)CC1. The van der Waals surface area contributed by atoms with Crippen LogP contribution in [0.2, 0.25) is 0 Å². The molecule has 0 unspecified atom stereocenters. The van der Waals surface area contributed by atoms with Gasteiger partial charge in [-0.05, 0) is 38.9 Å². The lowest BCUT2D eigenvalue weighted by molar-refractivity contribution is -0.121. The minimum absolute atomic E-state index is 0.166. The molecule has 1 aliphatic rings. The lowest BCUT2D eigenvalue weighted by Gasteiger charge is -2.29. The Hall–Kier alpha value is -0.610. The number of nitrogens with one attached hydrogen (secondary N) is 2. The van der Waals surface area contributed by atoms with Gasteiger partial charge >= 0.3 is 0 Å². The van der Waals surface area contributed by atoms with E-state index in [4.69, 9.17) is 0 Å². The fourth-order valence-corrected chi connectivity index (χ4v) is 2.01. The largest absolute Gasteiger partial charge is 0.356 e. The van der Waals surface area contributed by atoms with E-state index in [2.05, 4.69) is 36.4 Å². The molecule has 1 amide bonds. The number of carbonyl (C=O) groups excluding carboxylic acids is 1. The summed E-state index contributed by atoms with van der Waals surface area (Å²) in [6.07, 6.45) is 2.99. The van der Waals surface area contributed by atoms with Crippen molar-refractivity contribution < 1.29 is 4.79 Å². The number of carbonyl (C=O) groups is 1. The van der Waals surface area contributed by atoms with Gasteiger partial charge in [0.1, 0.15) is 0 Å². The molecule has 1 rings (SSSR count). The van der Waals surface area contributed by atoms with Crippen molar-refractivity contribution in [2.24, 2.45) is 5.92 Å². The minimum Gasteiger partial charge on any atom is -0.356 e. The maximum atomic E-state index is 11.5. The Morgan fingerprint density at radius 3 is 2.59 bits per heavy atom. The van der Waals surface area contributed by atoms with Gasteiger partial charge in [-0.3, -0.25) is 4.79 Å². The number of rotatable bonds is 6. The summed E-state index contributed by atoms with van der Waals surface area (Å²) in [5.74, 6) is 0.694. The molecule has 0 aromatic carbocycles. The molecule has 0 aromatic heterocycles. The minimum atomic E-state index is 0.166. The van der Waals surface area contributed by atoms with Crippen molar-refractivity contribution in [3.8, 4) is 0 Å². The number of nitrogens with zero attached hydrogens (tertiary/aromatic N) is 1. The average molecular weight is 241 g/mol.